The molecular weight excluding hydrogens is 334 g/mol. The average molecular weight is 359 g/mol. The van der Waals surface area contributed by atoms with Gasteiger partial charge < -0.3 is 10.6 Å². The Morgan fingerprint density at radius 3 is 2.72 bits per heavy atom. The summed E-state index contributed by atoms with van der Waals surface area (Å²) in [4.78, 5) is 13.6. The summed E-state index contributed by atoms with van der Waals surface area (Å²) in [5.74, 6) is 0.693. The Hall–Kier alpha value is -1.86. The quantitative estimate of drug-likeness (QED) is 0.612. The molecule has 1 aliphatic heterocycles. The molecule has 0 bridgehead atoms. The van der Waals surface area contributed by atoms with E-state index in [0.29, 0.717) is 18.3 Å². The summed E-state index contributed by atoms with van der Waals surface area (Å²) in [6.45, 7) is 6.59. The van der Waals surface area contributed by atoms with E-state index in [4.69, 9.17) is 0 Å². The number of hydrogen-bond donors (Lipinski definition) is 2. The van der Waals surface area contributed by atoms with Crippen molar-refractivity contribution in [2.45, 2.75) is 37.6 Å². The molecule has 3 rings (SSSR count). The van der Waals surface area contributed by atoms with E-state index in [-0.39, 0.29) is 5.91 Å². The number of aryl methyl sites for hydroxylation is 1. The predicted octanol–water partition coefficient (Wildman–Crippen LogP) is 2.34. The lowest BCUT2D eigenvalue weighted by Gasteiger charge is -2.23. The molecule has 0 radical (unpaired) electrons. The number of hydrogen-bond acceptors (Lipinski definition) is 5. The molecule has 2 aromatic rings. The summed E-state index contributed by atoms with van der Waals surface area (Å²) >= 11 is 1.74. The van der Waals surface area contributed by atoms with Crippen LogP contribution in [0.3, 0.4) is 0 Å². The lowest BCUT2D eigenvalue weighted by molar-refractivity contribution is 0.0950. The maximum absolute atomic E-state index is 12.4. The average Bonchev–Trinajstić information content (AvgIpc) is 3.02. The Morgan fingerprint density at radius 1 is 1.28 bits per heavy atom. The van der Waals surface area contributed by atoms with Crippen molar-refractivity contribution in [1.29, 1.82) is 0 Å². The summed E-state index contributed by atoms with van der Waals surface area (Å²) in [5, 5.41) is 14.6. The topological polar surface area (TPSA) is 71.8 Å². The minimum absolute atomic E-state index is 0.137. The third kappa shape index (κ3) is 4.61. The van der Waals surface area contributed by atoms with Gasteiger partial charge in [-0.05, 0) is 51.9 Å². The second kappa shape index (κ2) is 8.49. The highest BCUT2D eigenvalue weighted by Gasteiger charge is 2.22. The number of carbonyl (C=O) groups is 1. The number of nitrogens with zero attached hydrogens (tertiary/aromatic N) is 3. The highest BCUT2D eigenvalue weighted by molar-refractivity contribution is 7.99. The molecule has 2 heterocycles. The number of carbonyl (C=O) groups excluding carboxylic acids is 1. The van der Waals surface area contributed by atoms with Gasteiger partial charge in [-0.25, -0.2) is 4.68 Å². The summed E-state index contributed by atoms with van der Waals surface area (Å²) in [5.41, 5.74) is 2.56. The van der Waals surface area contributed by atoms with Crippen LogP contribution in [0.25, 0.3) is 0 Å². The zero-order valence-electron chi connectivity index (χ0n) is 14.8. The van der Waals surface area contributed by atoms with Gasteiger partial charge in [0.1, 0.15) is 0 Å². The number of aromatic nitrogens is 3. The lowest BCUT2D eigenvalue weighted by Crippen LogP contribution is -2.30. The van der Waals surface area contributed by atoms with Crippen molar-refractivity contribution in [3.63, 3.8) is 0 Å². The maximum Gasteiger partial charge on any atom is 0.273 e. The molecule has 1 fully saturated rings. The Labute approximate surface area is 152 Å². The van der Waals surface area contributed by atoms with Gasteiger partial charge in [-0.1, -0.05) is 22.9 Å². The molecule has 1 aromatic carbocycles. The van der Waals surface area contributed by atoms with E-state index in [1.54, 1.807) is 11.8 Å². The molecule has 1 aliphatic rings. The molecule has 1 amide bonds. The first-order valence-corrected chi connectivity index (χ1v) is 9.74. The molecule has 134 valence electrons. The van der Waals surface area contributed by atoms with Gasteiger partial charge in [-0.15, -0.1) is 16.9 Å². The lowest BCUT2D eigenvalue weighted by atomic mass is 10.1. The number of thioether (sulfide) groups is 1. The fourth-order valence-electron chi connectivity index (χ4n) is 3.00. The molecular formula is C18H25N5OS. The summed E-state index contributed by atoms with van der Waals surface area (Å²) in [7, 11) is 0. The van der Waals surface area contributed by atoms with Crippen LogP contribution in [-0.4, -0.2) is 46.3 Å². The second-order valence-corrected chi connectivity index (χ2v) is 7.53. The summed E-state index contributed by atoms with van der Waals surface area (Å²) in [6.07, 6.45) is 2.05. The van der Waals surface area contributed by atoms with Gasteiger partial charge in [0.05, 0.1) is 11.7 Å². The molecule has 2 N–H and O–H groups in total. The fourth-order valence-corrected chi connectivity index (χ4v) is 3.77. The summed E-state index contributed by atoms with van der Waals surface area (Å²) < 4.78 is 1.91. The van der Waals surface area contributed by atoms with Crippen molar-refractivity contribution >= 4 is 17.7 Å². The van der Waals surface area contributed by atoms with Crippen LogP contribution in [0.1, 0.15) is 40.6 Å². The van der Waals surface area contributed by atoms with Gasteiger partial charge in [0.15, 0.2) is 5.69 Å². The Morgan fingerprint density at radius 2 is 2.00 bits per heavy atom. The van der Waals surface area contributed by atoms with Crippen LogP contribution in [0.5, 0.6) is 0 Å². The normalized spacial score (nSPS) is 15.3. The molecule has 0 aliphatic carbocycles. The smallest absolute Gasteiger partial charge is 0.273 e. The number of rotatable bonds is 6. The number of amides is 1. The van der Waals surface area contributed by atoms with Crippen molar-refractivity contribution < 1.29 is 4.79 Å². The van der Waals surface area contributed by atoms with Crippen molar-refractivity contribution in [1.82, 2.24) is 25.6 Å². The molecule has 25 heavy (non-hydrogen) atoms. The molecule has 1 saturated heterocycles. The number of benzene rings is 1. The molecule has 7 heteroatoms. The van der Waals surface area contributed by atoms with E-state index in [2.05, 4.69) is 52.1 Å². The molecule has 0 spiro atoms. The predicted molar refractivity (Wildman–Crippen MR) is 100 cm³/mol. The van der Waals surface area contributed by atoms with Crippen LogP contribution in [0.2, 0.25) is 0 Å². The largest absolute Gasteiger partial charge is 0.350 e. The van der Waals surface area contributed by atoms with Gasteiger partial charge in [0, 0.05) is 17.2 Å². The standard InChI is InChI=1S/C18H25N5OS/c1-13-3-5-16(6-4-13)25-12-11-20-18(24)17-14(2)23(22-21-17)15-7-9-19-10-8-15/h3-6,15,19H,7-12H2,1-2H3,(H,20,24). The molecule has 0 atom stereocenters. The van der Waals surface area contributed by atoms with Gasteiger partial charge >= 0.3 is 0 Å². The second-order valence-electron chi connectivity index (χ2n) is 6.37. The number of piperidine rings is 1. The van der Waals surface area contributed by atoms with Crippen molar-refractivity contribution in [2.75, 3.05) is 25.4 Å². The van der Waals surface area contributed by atoms with Crippen LogP contribution in [-0.2, 0) is 0 Å². The SMILES string of the molecule is Cc1ccc(SCCNC(=O)c2nnn(C3CCNCC3)c2C)cc1. The Bertz CT molecular complexity index is 707. The zero-order valence-corrected chi connectivity index (χ0v) is 15.6. The zero-order chi connectivity index (χ0) is 17.6. The number of nitrogens with one attached hydrogen (secondary N) is 2. The summed E-state index contributed by atoms with van der Waals surface area (Å²) in [6, 6.07) is 8.76. The minimum atomic E-state index is -0.137. The van der Waals surface area contributed by atoms with E-state index in [1.165, 1.54) is 10.5 Å². The van der Waals surface area contributed by atoms with Crippen LogP contribution in [0.15, 0.2) is 29.2 Å². The van der Waals surface area contributed by atoms with E-state index in [9.17, 15) is 4.79 Å². The molecule has 6 nitrogen and oxygen atoms in total. The van der Waals surface area contributed by atoms with Crippen molar-refractivity contribution in [3.8, 4) is 0 Å². The van der Waals surface area contributed by atoms with Gasteiger partial charge in [0.25, 0.3) is 5.91 Å². The minimum Gasteiger partial charge on any atom is -0.350 e. The van der Waals surface area contributed by atoms with Crippen LogP contribution >= 0.6 is 11.8 Å². The van der Waals surface area contributed by atoms with Crippen LogP contribution < -0.4 is 10.6 Å². The van der Waals surface area contributed by atoms with Crippen molar-refractivity contribution in [2.24, 2.45) is 0 Å². The highest BCUT2D eigenvalue weighted by atomic mass is 32.2. The van der Waals surface area contributed by atoms with Crippen molar-refractivity contribution in [3.05, 3.63) is 41.2 Å². The first-order valence-electron chi connectivity index (χ1n) is 8.75. The van der Waals surface area contributed by atoms with Crippen LogP contribution in [0, 0.1) is 13.8 Å². The Balaban J connectivity index is 1.49. The van der Waals surface area contributed by atoms with E-state index < -0.39 is 0 Å². The first-order chi connectivity index (χ1) is 12.1. The third-order valence-electron chi connectivity index (χ3n) is 4.47. The highest BCUT2D eigenvalue weighted by Crippen LogP contribution is 2.20. The first kappa shape index (κ1) is 17.9. The van der Waals surface area contributed by atoms with Gasteiger partial charge in [0.2, 0.25) is 0 Å². The molecule has 0 unspecified atom stereocenters. The van der Waals surface area contributed by atoms with Gasteiger partial charge in [-0.2, -0.15) is 0 Å². The fraction of sp³-hybridized carbons (Fsp3) is 0.500. The molecule has 0 saturated carbocycles. The van der Waals surface area contributed by atoms with E-state index in [0.717, 1.165) is 37.4 Å². The van der Waals surface area contributed by atoms with Gasteiger partial charge in [-0.3, -0.25) is 4.79 Å². The monoisotopic (exact) mass is 359 g/mol. The van der Waals surface area contributed by atoms with E-state index in [1.807, 2.05) is 11.6 Å². The van der Waals surface area contributed by atoms with E-state index >= 15 is 0 Å². The third-order valence-corrected chi connectivity index (χ3v) is 5.49. The molecule has 1 aromatic heterocycles. The van der Waals surface area contributed by atoms with Crippen LogP contribution in [0.4, 0.5) is 0 Å². The maximum atomic E-state index is 12.4. The Kier molecular flexibility index (Phi) is 6.09.